The molecule has 0 fully saturated rings. The average molecular weight is 509 g/mol. The third kappa shape index (κ3) is 6.75. The molecular formula is C27H23F3N4O3. The highest BCUT2D eigenvalue weighted by Gasteiger charge is 2.29. The summed E-state index contributed by atoms with van der Waals surface area (Å²) in [7, 11) is 1.34. The van der Waals surface area contributed by atoms with Crippen molar-refractivity contribution in [1.29, 1.82) is 0 Å². The lowest BCUT2D eigenvalue weighted by molar-refractivity contribution is -0.153. The smallest absolute Gasteiger partial charge is 0.422 e. The van der Waals surface area contributed by atoms with Crippen LogP contribution >= 0.6 is 0 Å². The van der Waals surface area contributed by atoms with Gasteiger partial charge in [-0.1, -0.05) is 30.3 Å². The number of fused-ring (bicyclic) bond motifs is 1. The quantitative estimate of drug-likeness (QED) is 0.272. The number of carbonyl (C=O) groups is 1. The summed E-state index contributed by atoms with van der Waals surface area (Å²) in [6.45, 7) is 0.474. The monoisotopic (exact) mass is 508 g/mol. The van der Waals surface area contributed by atoms with Crippen molar-refractivity contribution in [1.82, 2.24) is 9.97 Å². The Bertz CT molecular complexity index is 1440. The van der Waals surface area contributed by atoms with Gasteiger partial charge in [-0.3, -0.25) is 4.79 Å². The number of aryl methyl sites for hydroxylation is 1. The number of methoxy groups -OCH3 is 1. The maximum absolute atomic E-state index is 12.6. The Hall–Kier alpha value is -4.60. The van der Waals surface area contributed by atoms with E-state index in [1.807, 2.05) is 55.5 Å². The van der Waals surface area contributed by atoms with Crippen LogP contribution in [0.15, 0.2) is 73.1 Å². The number of nitrogens with zero attached hydrogens (tertiary/aromatic N) is 2. The van der Waals surface area contributed by atoms with Crippen LogP contribution in [0, 0.1) is 6.92 Å². The topological polar surface area (TPSA) is 85.4 Å². The average Bonchev–Trinajstić information content (AvgIpc) is 2.87. The highest BCUT2D eigenvalue weighted by Crippen LogP contribution is 2.35. The van der Waals surface area contributed by atoms with Crippen molar-refractivity contribution < 1.29 is 27.4 Å². The van der Waals surface area contributed by atoms with Crippen LogP contribution in [0.2, 0.25) is 0 Å². The molecule has 10 heteroatoms. The van der Waals surface area contributed by atoms with E-state index in [-0.39, 0.29) is 17.4 Å². The standard InChI is InChI=1S/C27H23F3N4O3/c1-17-5-3-4-6-21(17)34-25(35)12-9-18-7-10-19(11-8-18)33-26-20-13-23(36-2)24(37-15-27(28,29)30)14-22(20)31-16-32-26/h3-14,16H,15H2,1-2H3,(H,34,35)(H,31,32,33). The van der Waals surface area contributed by atoms with Crippen LogP contribution < -0.4 is 20.1 Å². The van der Waals surface area contributed by atoms with Crippen molar-refractivity contribution in [2.24, 2.45) is 0 Å². The minimum absolute atomic E-state index is 0.0698. The molecule has 7 nitrogen and oxygen atoms in total. The molecule has 0 spiro atoms. The molecule has 0 radical (unpaired) electrons. The van der Waals surface area contributed by atoms with Crippen molar-refractivity contribution in [3.8, 4) is 11.5 Å². The minimum Gasteiger partial charge on any atom is -0.493 e. The molecule has 2 N–H and O–H groups in total. The summed E-state index contributed by atoms with van der Waals surface area (Å²) in [5.74, 6) is 0.252. The van der Waals surface area contributed by atoms with Gasteiger partial charge in [0.1, 0.15) is 12.1 Å². The number of amides is 1. The lowest BCUT2D eigenvalue weighted by Crippen LogP contribution is -2.19. The number of hydrogen-bond donors (Lipinski definition) is 2. The molecule has 0 saturated heterocycles. The first-order valence-electron chi connectivity index (χ1n) is 11.2. The van der Waals surface area contributed by atoms with Crippen LogP contribution in [0.1, 0.15) is 11.1 Å². The van der Waals surface area contributed by atoms with Gasteiger partial charge in [0, 0.05) is 28.9 Å². The Morgan fingerprint density at radius 1 is 1.03 bits per heavy atom. The van der Waals surface area contributed by atoms with E-state index in [0.717, 1.165) is 16.8 Å². The third-order valence-corrected chi connectivity index (χ3v) is 5.32. The summed E-state index contributed by atoms with van der Waals surface area (Å²) in [5, 5.41) is 6.55. The Morgan fingerprint density at radius 2 is 1.78 bits per heavy atom. The first kappa shape index (κ1) is 25.5. The molecule has 37 heavy (non-hydrogen) atoms. The highest BCUT2D eigenvalue weighted by atomic mass is 19.4. The summed E-state index contributed by atoms with van der Waals surface area (Å²) in [6, 6.07) is 17.7. The number of halogens is 3. The van der Waals surface area contributed by atoms with Crippen LogP contribution in [-0.4, -0.2) is 35.8 Å². The van der Waals surface area contributed by atoms with Crippen molar-refractivity contribution in [3.05, 3.63) is 84.2 Å². The number of rotatable bonds is 8. The second kappa shape index (κ2) is 11.0. The molecule has 0 atom stereocenters. The first-order chi connectivity index (χ1) is 17.7. The zero-order chi connectivity index (χ0) is 26.4. The number of hydrogen-bond acceptors (Lipinski definition) is 6. The van der Waals surface area contributed by atoms with Gasteiger partial charge in [-0.2, -0.15) is 13.2 Å². The summed E-state index contributed by atoms with van der Waals surface area (Å²) >= 11 is 0. The predicted molar refractivity (Wildman–Crippen MR) is 136 cm³/mol. The van der Waals surface area contributed by atoms with E-state index in [4.69, 9.17) is 9.47 Å². The Kier molecular flexibility index (Phi) is 7.57. The van der Waals surface area contributed by atoms with Gasteiger partial charge in [0.15, 0.2) is 18.1 Å². The number of carbonyl (C=O) groups excluding carboxylic acids is 1. The summed E-state index contributed by atoms with van der Waals surface area (Å²) in [4.78, 5) is 20.6. The molecule has 0 saturated carbocycles. The van der Waals surface area contributed by atoms with Crippen molar-refractivity contribution in [3.63, 3.8) is 0 Å². The number of nitrogens with one attached hydrogen (secondary N) is 2. The number of alkyl halides is 3. The van der Waals surface area contributed by atoms with E-state index in [9.17, 15) is 18.0 Å². The zero-order valence-electron chi connectivity index (χ0n) is 20.0. The minimum atomic E-state index is -4.48. The second-order valence-electron chi connectivity index (χ2n) is 8.03. The lowest BCUT2D eigenvalue weighted by Gasteiger charge is -2.14. The molecule has 1 aromatic heterocycles. The van der Waals surface area contributed by atoms with Crippen LogP contribution in [0.5, 0.6) is 11.5 Å². The third-order valence-electron chi connectivity index (χ3n) is 5.32. The fraction of sp³-hybridized carbons (Fsp3) is 0.148. The lowest BCUT2D eigenvalue weighted by atomic mass is 10.1. The van der Waals surface area contributed by atoms with Crippen molar-refractivity contribution in [2.45, 2.75) is 13.1 Å². The fourth-order valence-electron chi connectivity index (χ4n) is 3.47. The molecular weight excluding hydrogens is 485 g/mol. The molecule has 190 valence electrons. The van der Waals surface area contributed by atoms with E-state index in [2.05, 4.69) is 20.6 Å². The molecule has 1 heterocycles. The molecule has 1 amide bonds. The summed E-state index contributed by atoms with van der Waals surface area (Å²) in [5.41, 5.74) is 3.63. The van der Waals surface area contributed by atoms with Gasteiger partial charge in [0.25, 0.3) is 0 Å². The molecule has 4 aromatic rings. The predicted octanol–water partition coefficient (Wildman–Crippen LogP) is 6.28. The second-order valence-corrected chi connectivity index (χ2v) is 8.03. The maximum atomic E-state index is 12.6. The highest BCUT2D eigenvalue weighted by molar-refractivity contribution is 6.02. The van der Waals surface area contributed by atoms with E-state index < -0.39 is 12.8 Å². The fourth-order valence-corrected chi connectivity index (χ4v) is 3.47. The Morgan fingerprint density at radius 3 is 2.49 bits per heavy atom. The van der Waals surface area contributed by atoms with Gasteiger partial charge < -0.3 is 20.1 Å². The summed E-state index contributed by atoms with van der Waals surface area (Å²) < 4.78 is 47.9. The van der Waals surface area contributed by atoms with Crippen LogP contribution in [0.4, 0.5) is 30.4 Å². The number of para-hydroxylation sites is 1. The van der Waals surface area contributed by atoms with Gasteiger partial charge in [-0.05, 0) is 48.4 Å². The molecule has 4 rings (SSSR count). The Balaban J connectivity index is 1.47. The van der Waals surface area contributed by atoms with Gasteiger partial charge in [-0.15, -0.1) is 0 Å². The van der Waals surface area contributed by atoms with Crippen LogP contribution in [-0.2, 0) is 4.79 Å². The SMILES string of the molecule is COc1cc2c(Nc3ccc(C=CC(=O)Nc4ccccc4C)cc3)ncnc2cc1OCC(F)(F)F. The largest absolute Gasteiger partial charge is 0.493 e. The molecule has 0 aliphatic carbocycles. The van der Waals surface area contributed by atoms with E-state index in [1.165, 1.54) is 31.6 Å². The Labute approximate surface area is 211 Å². The van der Waals surface area contributed by atoms with E-state index in [1.54, 1.807) is 6.08 Å². The van der Waals surface area contributed by atoms with Crippen molar-refractivity contribution >= 4 is 40.1 Å². The van der Waals surface area contributed by atoms with Gasteiger partial charge in [-0.25, -0.2) is 9.97 Å². The molecule has 3 aromatic carbocycles. The maximum Gasteiger partial charge on any atom is 0.422 e. The summed E-state index contributed by atoms with van der Waals surface area (Å²) in [6.07, 6.45) is -0.0262. The number of anilines is 3. The van der Waals surface area contributed by atoms with E-state index in [0.29, 0.717) is 22.4 Å². The van der Waals surface area contributed by atoms with E-state index >= 15 is 0 Å². The van der Waals surface area contributed by atoms with Crippen molar-refractivity contribution in [2.75, 3.05) is 24.4 Å². The molecule has 0 aliphatic rings. The van der Waals surface area contributed by atoms with Gasteiger partial charge >= 0.3 is 6.18 Å². The molecule has 0 bridgehead atoms. The van der Waals surface area contributed by atoms with Crippen LogP contribution in [0.25, 0.3) is 17.0 Å². The van der Waals surface area contributed by atoms with Crippen LogP contribution in [0.3, 0.4) is 0 Å². The first-order valence-corrected chi connectivity index (χ1v) is 11.2. The number of ether oxygens (including phenoxy) is 2. The normalized spacial score (nSPS) is 11.5. The molecule has 0 unspecified atom stereocenters. The number of benzene rings is 3. The van der Waals surface area contributed by atoms with Gasteiger partial charge in [0.2, 0.25) is 5.91 Å². The number of aromatic nitrogens is 2. The molecule has 0 aliphatic heterocycles. The van der Waals surface area contributed by atoms with Gasteiger partial charge in [0.05, 0.1) is 12.6 Å². The zero-order valence-corrected chi connectivity index (χ0v) is 20.0.